The summed E-state index contributed by atoms with van der Waals surface area (Å²) in [4.78, 5) is 11.6. The minimum Gasteiger partial charge on any atom is -0.273 e. The number of carbonyl (C=O) groups is 1. The van der Waals surface area contributed by atoms with Crippen molar-refractivity contribution in [3.63, 3.8) is 0 Å². The van der Waals surface area contributed by atoms with Crippen molar-refractivity contribution in [1.29, 1.82) is 0 Å². The van der Waals surface area contributed by atoms with Crippen LogP contribution in [0.2, 0.25) is 0 Å². The second-order valence-corrected chi connectivity index (χ2v) is 6.63. The van der Waals surface area contributed by atoms with Crippen LogP contribution in [0.3, 0.4) is 0 Å². The van der Waals surface area contributed by atoms with Crippen LogP contribution in [0.15, 0.2) is 0 Å². The lowest BCUT2D eigenvalue weighted by molar-refractivity contribution is -0.147. The predicted octanol–water partition coefficient (Wildman–Crippen LogP) is 1.65. The molecule has 0 spiro atoms. The zero-order chi connectivity index (χ0) is 11.1. The minimum absolute atomic E-state index is 0.0983. The summed E-state index contributed by atoms with van der Waals surface area (Å²) in [5.41, 5.74) is 0. The summed E-state index contributed by atoms with van der Waals surface area (Å²) in [6.45, 7) is 0. The Bertz CT molecular complexity index is 368. The predicted molar refractivity (Wildman–Crippen MR) is 56.6 cm³/mol. The monoisotopic (exact) mass is 251 g/mol. The average Bonchev–Trinajstić information content (AvgIpc) is 2.07. The molecule has 86 valence electrons. The quantitative estimate of drug-likeness (QED) is 0.526. The molecule has 1 saturated heterocycles. The molecule has 1 aliphatic heterocycles. The van der Waals surface area contributed by atoms with Gasteiger partial charge in [-0.1, -0.05) is 25.7 Å². The van der Waals surface area contributed by atoms with Gasteiger partial charge in [-0.2, -0.15) is 8.42 Å². The van der Waals surface area contributed by atoms with Crippen molar-refractivity contribution in [2.24, 2.45) is 5.92 Å². The average molecular weight is 252 g/mol. The molecule has 0 N–H and O–H groups in total. The minimum atomic E-state index is -3.86. The first-order valence-electron chi connectivity index (χ1n) is 5.29. The van der Waals surface area contributed by atoms with Crippen LogP contribution in [0.4, 0.5) is 0 Å². The molecule has 1 heterocycles. The summed E-state index contributed by atoms with van der Waals surface area (Å²) in [5, 5.41) is 0. The number of amides is 1. The molecule has 0 aromatic heterocycles. The van der Waals surface area contributed by atoms with Gasteiger partial charge in [-0.15, -0.1) is 0 Å². The van der Waals surface area contributed by atoms with Crippen molar-refractivity contribution in [3.8, 4) is 0 Å². The molecule has 15 heavy (non-hydrogen) atoms. The molecule has 4 nitrogen and oxygen atoms in total. The number of carbonyl (C=O) groups excluding carboxylic acids is 1. The smallest absolute Gasteiger partial charge is 0.273 e. The molecule has 1 amide bonds. The van der Waals surface area contributed by atoms with Gasteiger partial charge in [0.05, 0.1) is 12.0 Å². The Morgan fingerprint density at radius 1 is 1.13 bits per heavy atom. The highest BCUT2D eigenvalue weighted by atomic mass is 35.7. The summed E-state index contributed by atoms with van der Waals surface area (Å²) in [6, 6.07) is -0.166. The topological polar surface area (TPSA) is 54.5 Å². The van der Waals surface area contributed by atoms with Crippen LogP contribution in [-0.4, -0.2) is 24.7 Å². The molecule has 0 bridgehead atoms. The Morgan fingerprint density at radius 2 is 1.73 bits per heavy atom. The zero-order valence-electron chi connectivity index (χ0n) is 8.36. The highest BCUT2D eigenvalue weighted by Gasteiger charge is 2.51. The fraction of sp³-hybridized carbons (Fsp3) is 0.889. The van der Waals surface area contributed by atoms with E-state index in [-0.39, 0.29) is 17.9 Å². The Labute approximate surface area is 94.1 Å². The van der Waals surface area contributed by atoms with Gasteiger partial charge in [0.1, 0.15) is 0 Å². The lowest BCUT2D eigenvalue weighted by atomic mass is 9.80. The van der Waals surface area contributed by atoms with Gasteiger partial charge in [-0.3, -0.25) is 4.79 Å². The molecule has 2 rings (SSSR count). The molecule has 2 aliphatic rings. The number of β-lactam (4-membered cyclic amide) rings is 1. The number of hydrogen-bond acceptors (Lipinski definition) is 3. The van der Waals surface area contributed by atoms with Crippen LogP contribution >= 0.6 is 10.7 Å². The van der Waals surface area contributed by atoms with Crippen molar-refractivity contribution in [2.45, 2.75) is 44.6 Å². The maximum Gasteiger partial charge on any atom is 0.324 e. The van der Waals surface area contributed by atoms with Crippen LogP contribution < -0.4 is 0 Å². The van der Waals surface area contributed by atoms with E-state index in [1.54, 1.807) is 0 Å². The fourth-order valence-corrected chi connectivity index (χ4v) is 3.98. The third-order valence-corrected chi connectivity index (χ3v) is 4.67. The van der Waals surface area contributed by atoms with Gasteiger partial charge in [0.15, 0.2) is 0 Å². The van der Waals surface area contributed by atoms with E-state index in [0.717, 1.165) is 42.8 Å². The Balaban J connectivity index is 2.14. The van der Waals surface area contributed by atoms with Gasteiger partial charge < -0.3 is 0 Å². The van der Waals surface area contributed by atoms with Crippen LogP contribution in [0.1, 0.15) is 38.5 Å². The van der Waals surface area contributed by atoms with E-state index in [2.05, 4.69) is 0 Å². The standard InChI is InChI=1S/C9H14ClNO3S/c10-15(13,14)11-8-6-4-2-1-3-5-7(8)9(11)12/h7-8H,1-6H2. The summed E-state index contributed by atoms with van der Waals surface area (Å²) in [7, 11) is 1.36. The van der Waals surface area contributed by atoms with E-state index in [1.165, 1.54) is 0 Å². The zero-order valence-corrected chi connectivity index (χ0v) is 9.93. The van der Waals surface area contributed by atoms with Crippen molar-refractivity contribution in [3.05, 3.63) is 0 Å². The van der Waals surface area contributed by atoms with Crippen LogP contribution in [0.25, 0.3) is 0 Å². The van der Waals surface area contributed by atoms with E-state index in [1.807, 2.05) is 0 Å². The molecule has 0 aromatic carbocycles. The normalized spacial score (nSPS) is 32.6. The Morgan fingerprint density at radius 3 is 2.33 bits per heavy atom. The second kappa shape index (κ2) is 3.94. The number of rotatable bonds is 1. The molecule has 0 aromatic rings. The lowest BCUT2D eigenvalue weighted by Crippen LogP contribution is -2.61. The highest BCUT2D eigenvalue weighted by Crippen LogP contribution is 2.39. The number of halogens is 1. The summed E-state index contributed by atoms with van der Waals surface area (Å²) in [5.74, 6) is -0.407. The molecule has 1 saturated carbocycles. The molecule has 2 fully saturated rings. The second-order valence-electron chi connectivity index (χ2n) is 4.24. The summed E-state index contributed by atoms with van der Waals surface area (Å²) < 4.78 is 23.2. The molecule has 1 aliphatic carbocycles. The largest absolute Gasteiger partial charge is 0.324 e. The Hall–Kier alpha value is -0.290. The van der Waals surface area contributed by atoms with Crippen LogP contribution in [0.5, 0.6) is 0 Å². The van der Waals surface area contributed by atoms with Gasteiger partial charge in [0, 0.05) is 10.7 Å². The van der Waals surface area contributed by atoms with Crippen molar-refractivity contribution < 1.29 is 13.2 Å². The number of fused-ring (bicyclic) bond motifs is 1. The van der Waals surface area contributed by atoms with Crippen molar-refractivity contribution >= 4 is 25.8 Å². The van der Waals surface area contributed by atoms with Gasteiger partial charge in [-0.05, 0) is 12.8 Å². The van der Waals surface area contributed by atoms with Gasteiger partial charge in [0.25, 0.3) is 0 Å². The number of hydrogen-bond donors (Lipinski definition) is 0. The van der Waals surface area contributed by atoms with E-state index in [0.29, 0.717) is 0 Å². The first kappa shape index (κ1) is 11.2. The SMILES string of the molecule is O=C1C2CCCCCCC2N1S(=O)(=O)Cl. The van der Waals surface area contributed by atoms with E-state index in [9.17, 15) is 13.2 Å². The maximum absolute atomic E-state index is 11.6. The lowest BCUT2D eigenvalue weighted by Gasteiger charge is -2.45. The van der Waals surface area contributed by atoms with Crippen LogP contribution in [0, 0.1) is 5.92 Å². The number of nitrogens with zero attached hydrogens (tertiary/aromatic N) is 1. The Kier molecular flexibility index (Phi) is 2.94. The third kappa shape index (κ3) is 1.99. The van der Waals surface area contributed by atoms with E-state index in [4.69, 9.17) is 10.7 Å². The molecular weight excluding hydrogens is 238 g/mol. The van der Waals surface area contributed by atoms with Gasteiger partial charge >= 0.3 is 9.24 Å². The van der Waals surface area contributed by atoms with Crippen LogP contribution in [-0.2, 0) is 14.0 Å². The molecule has 0 radical (unpaired) electrons. The first-order valence-corrected chi connectivity index (χ1v) is 7.56. The van der Waals surface area contributed by atoms with E-state index < -0.39 is 9.24 Å². The summed E-state index contributed by atoms with van der Waals surface area (Å²) in [6.07, 6.45) is 5.84. The molecule has 6 heteroatoms. The van der Waals surface area contributed by atoms with Crippen molar-refractivity contribution in [2.75, 3.05) is 0 Å². The third-order valence-electron chi connectivity index (χ3n) is 3.30. The fourth-order valence-electron chi connectivity index (χ4n) is 2.55. The highest BCUT2D eigenvalue weighted by molar-refractivity contribution is 8.12. The van der Waals surface area contributed by atoms with Gasteiger partial charge in [-0.25, -0.2) is 4.31 Å². The molecular formula is C9H14ClNO3S. The maximum atomic E-state index is 11.6. The van der Waals surface area contributed by atoms with E-state index >= 15 is 0 Å². The first-order chi connectivity index (χ1) is 7.02. The summed E-state index contributed by atoms with van der Waals surface area (Å²) >= 11 is 0. The van der Waals surface area contributed by atoms with Crippen molar-refractivity contribution in [1.82, 2.24) is 4.31 Å². The molecule has 2 atom stereocenters. The van der Waals surface area contributed by atoms with Gasteiger partial charge in [0.2, 0.25) is 5.91 Å². The molecule has 2 unspecified atom stereocenters.